The van der Waals surface area contributed by atoms with E-state index in [1.165, 1.54) is 25.7 Å². The predicted molar refractivity (Wildman–Crippen MR) is 83.9 cm³/mol. The van der Waals surface area contributed by atoms with Gasteiger partial charge in [-0.05, 0) is 48.8 Å². The average Bonchev–Trinajstić information content (AvgIpc) is 2.48. The van der Waals surface area contributed by atoms with Crippen LogP contribution in [-0.2, 0) is 11.2 Å². The Labute approximate surface area is 126 Å². The smallest absolute Gasteiger partial charge is 0.237 e. The summed E-state index contributed by atoms with van der Waals surface area (Å²) in [7, 11) is 0. The molecule has 1 aliphatic carbocycles. The number of nitrogens with two attached hydrogens (primary N) is 1. The minimum Gasteiger partial charge on any atom is -0.508 e. The first-order valence-corrected chi connectivity index (χ1v) is 7.86. The zero-order chi connectivity index (χ0) is 15.2. The second-order valence-corrected chi connectivity index (χ2v) is 6.35. The number of hydrogen-bond donors (Lipinski definition) is 3. The van der Waals surface area contributed by atoms with E-state index in [2.05, 4.69) is 12.2 Å². The van der Waals surface area contributed by atoms with Crippen LogP contribution in [0.2, 0.25) is 0 Å². The highest BCUT2D eigenvalue weighted by Crippen LogP contribution is 2.27. The van der Waals surface area contributed by atoms with Crippen LogP contribution in [-0.4, -0.2) is 23.6 Å². The van der Waals surface area contributed by atoms with Gasteiger partial charge in [-0.2, -0.15) is 0 Å². The molecule has 1 aliphatic rings. The van der Waals surface area contributed by atoms with Crippen LogP contribution in [0.15, 0.2) is 24.3 Å². The Morgan fingerprint density at radius 2 is 1.90 bits per heavy atom. The summed E-state index contributed by atoms with van der Waals surface area (Å²) in [5.41, 5.74) is 6.91. The molecule has 1 aromatic carbocycles. The molecule has 0 saturated heterocycles. The molecule has 21 heavy (non-hydrogen) atoms. The number of carbonyl (C=O) groups is 1. The van der Waals surface area contributed by atoms with Crippen molar-refractivity contribution in [3.05, 3.63) is 29.8 Å². The first-order chi connectivity index (χ1) is 10.0. The van der Waals surface area contributed by atoms with Crippen LogP contribution in [0.5, 0.6) is 5.75 Å². The molecule has 116 valence electrons. The van der Waals surface area contributed by atoms with Crippen molar-refractivity contribution >= 4 is 5.91 Å². The van der Waals surface area contributed by atoms with E-state index in [0.717, 1.165) is 18.0 Å². The fourth-order valence-electron chi connectivity index (χ4n) is 2.89. The number of carbonyl (C=O) groups excluding carboxylic acids is 1. The second-order valence-electron chi connectivity index (χ2n) is 6.35. The predicted octanol–water partition coefficient (Wildman–Crippen LogP) is 2.20. The number of phenolic OH excluding ortho intramolecular Hbond substituents is 1. The topological polar surface area (TPSA) is 75.4 Å². The fourth-order valence-corrected chi connectivity index (χ4v) is 2.89. The molecule has 0 spiro atoms. The van der Waals surface area contributed by atoms with Crippen LogP contribution in [0, 0.1) is 11.8 Å². The summed E-state index contributed by atoms with van der Waals surface area (Å²) >= 11 is 0. The van der Waals surface area contributed by atoms with Crippen LogP contribution in [0.25, 0.3) is 0 Å². The van der Waals surface area contributed by atoms with Gasteiger partial charge in [-0.1, -0.05) is 31.9 Å². The SMILES string of the molecule is CC1CCC(CNC(=O)[C@@H](N)Cc2ccc(O)cc2)CC1. The quantitative estimate of drug-likeness (QED) is 0.778. The number of phenols is 1. The van der Waals surface area contributed by atoms with E-state index in [0.29, 0.717) is 12.3 Å². The molecule has 1 amide bonds. The molecule has 1 fully saturated rings. The Kier molecular flexibility index (Phi) is 5.62. The second kappa shape index (κ2) is 7.46. The van der Waals surface area contributed by atoms with E-state index in [4.69, 9.17) is 5.73 Å². The van der Waals surface area contributed by atoms with Crippen LogP contribution in [0.1, 0.15) is 38.2 Å². The third kappa shape index (κ3) is 5.05. The lowest BCUT2D eigenvalue weighted by Gasteiger charge is -2.26. The highest BCUT2D eigenvalue weighted by atomic mass is 16.3. The third-order valence-corrected chi connectivity index (χ3v) is 4.43. The van der Waals surface area contributed by atoms with Gasteiger partial charge in [0.1, 0.15) is 5.75 Å². The molecule has 1 atom stereocenters. The van der Waals surface area contributed by atoms with E-state index >= 15 is 0 Å². The number of aromatic hydroxyl groups is 1. The highest BCUT2D eigenvalue weighted by Gasteiger charge is 2.20. The Morgan fingerprint density at radius 3 is 2.52 bits per heavy atom. The Balaban J connectivity index is 1.73. The molecule has 2 rings (SSSR count). The van der Waals surface area contributed by atoms with E-state index in [1.54, 1.807) is 24.3 Å². The molecule has 0 unspecified atom stereocenters. The zero-order valence-electron chi connectivity index (χ0n) is 12.7. The van der Waals surface area contributed by atoms with Crippen molar-refractivity contribution in [2.75, 3.05) is 6.54 Å². The fraction of sp³-hybridized carbons (Fsp3) is 0.588. The number of amides is 1. The van der Waals surface area contributed by atoms with Gasteiger partial charge < -0.3 is 16.2 Å². The number of benzene rings is 1. The summed E-state index contributed by atoms with van der Waals surface area (Å²) in [6, 6.07) is 6.29. The lowest BCUT2D eigenvalue weighted by Crippen LogP contribution is -2.44. The largest absolute Gasteiger partial charge is 0.508 e. The third-order valence-electron chi connectivity index (χ3n) is 4.43. The molecule has 4 N–H and O–H groups in total. The minimum atomic E-state index is -0.531. The summed E-state index contributed by atoms with van der Waals surface area (Å²) in [5.74, 6) is 1.57. The van der Waals surface area contributed by atoms with Crippen molar-refractivity contribution in [3.63, 3.8) is 0 Å². The van der Waals surface area contributed by atoms with Gasteiger partial charge in [0.15, 0.2) is 0 Å². The maximum absolute atomic E-state index is 12.0. The molecular weight excluding hydrogens is 264 g/mol. The minimum absolute atomic E-state index is 0.0818. The van der Waals surface area contributed by atoms with Crippen LogP contribution < -0.4 is 11.1 Å². The molecule has 4 nitrogen and oxygen atoms in total. The molecule has 0 radical (unpaired) electrons. The highest BCUT2D eigenvalue weighted by molar-refractivity contribution is 5.81. The summed E-state index contributed by atoms with van der Waals surface area (Å²) < 4.78 is 0. The van der Waals surface area contributed by atoms with Gasteiger partial charge in [-0.15, -0.1) is 0 Å². The van der Waals surface area contributed by atoms with E-state index in [9.17, 15) is 9.90 Å². The van der Waals surface area contributed by atoms with Gasteiger partial charge in [0.25, 0.3) is 0 Å². The van der Waals surface area contributed by atoms with Gasteiger partial charge in [0.2, 0.25) is 5.91 Å². The molecule has 0 aromatic heterocycles. The number of rotatable bonds is 5. The summed E-state index contributed by atoms with van der Waals surface area (Å²) in [5, 5.41) is 12.2. The van der Waals surface area contributed by atoms with Crippen molar-refractivity contribution in [2.45, 2.75) is 45.1 Å². The maximum Gasteiger partial charge on any atom is 0.237 e. The number of hydrogen-bond acceptors (Lipinski definition) is 3. The summed E-state index contributed by atoms with van der Waals surface area (Å²) in [6.07, 6.45) is 5.43. The van der Waals surface area contributed by atoms with Crippen molar-refractivity contribution in [1.29, 1.82) is 0 Å². The lowest BCUT2D eigenvalue weighted by molar-refractivity contribution is -0.122. The van der Waals surface area contributed by atoms with E-state index in [-0.39, 0.29) is 11.7 Å². The molecular formula is C17H26N2O2. The standard InChI is InChI=1S/C17H26N2O2/c1-12-2-4-14(5-3-12)11-19-17(21)16(18)10-13-6-8-15(20)9-7-13/h6-9,12,14,16,20H,2-5,10-11,18H2,1H3,(H,19,21)/t12?,14?,16-/m0/s1. The molecule has 0 heterocycles. The average molecular weight is 290 g/mol. The van der Waals surface area contributed by atoms with Crippen molar-refractivity contribution in [2.24, 2.45) is 17.6 Å². The zero-order valence-corrected chi connectivity index (χ0v) is 12.7. The van der Waals surface area contributed by atoms with Gasteiger partial charge in [-0.25, -0.2) is 0 Å². The Morgan fingerprint density at radius 1 is 1.29 bits per heavy atom. The lowest BCUT2D eigenvalue weighted by atomic mass is 9.83. The summed E-state index contributed by atoms with van der Waals surface area (Å²) in [4.78, 5) is 12.0. The Hall–Kier alpha value is -1.55. The van der Waals surface area contributed by atoms with Crippen molar-refractivity contribution < 1.29 is 9.90 Å². The van der Waals surface area contributed by atoms with Crippen LogP contribution in [0.3, 0.4) is 0 Å². The van der Waals surface area contributed by atoms with E-state index in [1.807, 2.05) is 0 Å². The Bertz CT molecular complexity index is 450. The first kappa shape index (κ1) is 15.8. The van der Waals surface area contributed by atoms with Crippen molar-refractivity contribution in [3.8, 4) is 5.75 Å². The maximum atomic E-state index is 12.0. The van der Waals surface area contributed by atoms with Gasteiger partial charge >= 0.3 is 0 Å². The molecule has 1 saturated carbocycles. The van der Waals surface area contributed by atoms with Crippen LogP contribution in [0.4, 0.5) is 0 Å². The van der Waals surface area contributed by atoms with Gasteiger partial charge in [0.05, 0.1) is 6.04 Å². The molecule has 1 aromatic rings. The number of nitrogens with one attached hydrogen (secondary N) is 1. The molecule has 0 aliphatic heterocycles. The first-order valence-electron chi connectivity index (χ1n) is 7.86. The van der Waals surface area contributed by atoms with Gasteiger partial charge in [-0.3, -0.25) is 4.79 Å². The molecule has 4 heteroatoms. The normalized spacial score (nSPS) is 23.5. The van der Waals surface area contributed by atoms with Crippen molar-refractivity contribution in [1.82, 2.24) is 5.32 Å². The van der Waals surface area contributed by atoms with Crippen LogP contribution >= 0.6 is 0 Å². The monoisotopic (exact) mass is 290 g/mol. The summed E-state index contributed by atoms with van der Waals surface area (Å²) in [6.45, 7) is 3.04. The van der Waals surface area contributed by atoms with Gasteiger partial charge in [0, 0.05) is 6.54 Å². The van der Waals surface area contributed by atoms with E-state index < -0.39 is 6.04 Å². The molecule has 0 bridgehead atoms.